The van der Waals surface area contributed by atoms with E-state index in [9.17, 15) is 37.6 Å². The number of thiol groups is 1. The molecule has 2 unspecified atom stereocenters. The first kappa shape index (κ1) is 42.6. The first-order valence-electron chi connectivity index (χ1n) is 17.8. The van der Waals surface area contributed by atoms with Gasteiger partial charge in [-0.05, 0) is 99.7 Å². The second kappa shape index (κ2) is 17.3. The number of likely N-dealkylation sites (tertiary alicyclic amines) is 1. The number of imide groups is 1. The fourth-order valence-electron chi connectivity index (χ4n) is 6.84. The number of rotatable bonds is 10. The molecule has 12 nitrogen and oxygen atoms in total. The van der Waals surface area contributed by atoms with Gasteiger partial charge in [0.2, 0.25) is 17.7 Å². The van der Waals surface area contributed by atoms with Crippen LogP contribution in [0.3, 0.4) is 0 Å². The molecule has 3 aromatic carbocycles. The Morgan fingerprint density at radius 3 is 2.43 bits per heavy atom. The third-order valence-electron chi connectivity index (χ3n) is 9.81. The van der Waals surface area contributed by atoms with Gasteiger partial charge in [-0.25, -0.2) is 5.01 Å². The van der Waals surface area contributed by atoms with E-state index in [2.05, 4.69) is 20.8 Å². The molecule has 0 saturated carbocycles. The van der Waals surface area contributed by atoms with Crippen molar-refractivity contribution in [3.63, 3.8) is 0 Å². The zero-order chi connectivity index (χ0) is 39.7. The molecule has 3 saturated heterocycles. The molecule has 3 aliphatic heterocycles. The Kier molecular flexibility index (Phi) is 13.2. The molecule has 56 heavy (non-hydrogen) atoms. The summed E-state index contributed by atoms with van der Waals surface area (Å²) < 4.78 is 46.6. The molecule has 2 atom stereocenters. The number of hydrogen-bond acceptors (Lipinski definition) is 9. The van der Waals surface area contributed by atoms with Gasteiger partial charge in [-0.1, -0.05) is 18.5 Å². The van der Waals surface area contributed by atoms with Gasteiger partial charge in [-0.3, -0.25) is 29.4 Å². The summed E-state index contributed by atoms with van der Waals surface area (Å²) in [7, 11) is 0. The van der Waals surface area contributed by atoms with E-state index >= 15 is 0 Å². The van der Waals surface area contributed by atoms with Gasteiger partial charge in [-0.15, -0.1) is 23.5 Å². The van der Waals surface area contributed by atoms with Gasteiger partial charge in [0.1, 0.15) is 17.9 Å². The van der Waals surface area contributed by atoms with Crippen LogP contribution < -0.4 is 30.5 Å². The number of nitrogens with zero attached hydrogens (tertiary/aromatic N) is 3. The molecule has 0 radical (unpaired) electrons. The summed E-state index contributed by atoms with van der Waals surface area (Å²) >= 11 is 4.90. The van der Waals surface area contributed by atoms with Crippen LogP contribution >= 0.6 is 35.1 Å². The maximum Gasteiger partial charge on any atom is 0.417 e. The van der Waals surface area contributed by atoms with Crippen LogP contribution in [0.15, 0.2) is 59.5 Å². The van der Waals surface area contributed by atoms with Crippen molar-refractivity contribution >= 4 is 75.8 Å². The highest BCUT2D eigenvalue weighted by atomic mass is 35.5. The number of nitrogens with one attached hydrogen (secondary N) is 4. The number of benzene rings is 3. The minimum atomic E-state index is -4.76. The minimum absolute atomic E-state index is 0. The number of halogens is 5. The van der Waals surface area contributed by atoms with E-state index in [1.165, 1.54) is 6.07 Å². The molecule has 4 N–H and O–H groups in total. The summed E-state index contributed by atoms with van der Waals surface area (Å²) in [5.41, 5.74) is 0.328. The molecule has 3 aromatic rings. The topological polar surface area (TPSA) is 156 Å². The van der Waals surface area contributed by atoms with Crippen LogP contribution in [0.25, 0.3) is 0 Å². The normalized spacial score (nSPS) is 20.8. The lowest BCUT2D eigenvalue weighted by atomic mass is 10.1. The molecule has 0 aromatic heterocycles. The molecule has 6 rings (SSSR count). The van der Waals surface area contributed by atoms with Crippen LogP contribution in [0.2, 0.25) is 5.02 Å². The van der Waals surface area contributed by atoms with Crippen molar-refractivity contribution in [2.24, 2.45) is 0 Å². The average molecular weight is 837 g/mol. The maximum absolute atomic E-state index is 13.7. The number of amides is 4. The first-order valence-corrected chi connectivity index (χ1v) is 19.5. The Balaban J connectivity index is 0.00000600. The van der Waals surface area contributed by atoms with Gasteiger partial charge in [-0.2, -0.15) is 23.3 Å². The van der Waals surface area contributed by atoms with Crippen LogP contribution in [0.5, 0.6) is 5.75 Å². The second-order valence-electron chi connectivity index (χ2n) is 14.1. The number of carbonyl (C=O) groups is 4. The van der Waals surface area contributed by atoms with E-state index in [0.29, 0.717) is 60.9 Å². The highest BCUT2D eigenvalue weighted by Crippen LogP contribution is 2.52. The number of alkyl halides is 3. The third kappa shape index (κ3) is 9.52. The SMILES string of the molecule is CCc1cc([SH]2NN(c3ccc(C#N)c(C(F)(F)F)c3)C(=O)C2(C)C)ccc1OC1CCN(CC(=O)Nc2cc(Cl)cc(NC3CCC(=O)NC3=O)c2)CC1.Cl. The quantitative estimate of drug-likeness (QED) is 0.113. The Morgan fingerprint density at radius 2 is 1.77 bits per heavy atom. The van der Waals surface area contributed by atoms with Gasteiger partial charge >= 0.3 is 6.18 Å². The summed E-state index contributed by atoms with van der Waals surface area (Å²) in [6, 6.07) is 14.9. The van der Waals surface area contributed by atoms with Gasteiger partial charge < -0.3 is 15.4 Å². The van der Waals surface area contributed by atoms with Crippen LogP contribution in [0.1, 0.15) is 63.1 Å². The third-order valence-corrected chi connectivity index (χ3v) is 12.5. The molecule has 3 heterocycles. The Morgan fingerprint density at radius 1 is 1.05 bits per heavy atom. The summed E-state index contributed by atoms with van der Waals surface area (Å²) in [6.45, 7) is 6.94. The van der Waals surface area contributed by atoms with Crippen molar-refractivity contribution in [3.05, 3.63) is 76.3 Å². The van der Waals surface area contributed by atoms with E-state index in [-0.39, 0.29) is 54.9 Å². The number of piperidine rings is 2. The maximum atomic E-state index is 13.7. The largest absolute Gasteiger partial charge is 0.490 e. The van der Waals surface area contributed by atoms with Crippen molar-refractivity contribution in [2.45, 2.75) is 80.8 Å². The number of nitriles is 1. The summed E-state index contributed by atoms with van der Waals surface area (Å²) in [6.07, 6.45) is -2.26. The van der Waals surface area contributed by atoms with Crippen LogP contribution in [0, 0.1) is 11.3 Å². The van der Waals surface area contributed by atoms with Crippen molar-refractivity contribution in [3.8, 4) is 11.8 Å². The molecule has 0 spiro atoms. The summed E-state index contributed by atoms with van der Waals surface area (Å²) in [5, 5.41) is 19.0. The zero-order valence-corrected chi connectivity index (χ0v) is 33.2. The van der Waals surface area contributed by atoms with E-state index in [4.69, 9.17) is 16.3 Å². The van der Waals surface area contributed by atoms with Crippen LogP contribution in [-0.4, -0.2) is 65.1 Å². The highest BCUT2D eigenvalue weighted by molar-refractivity contribution is 8.17. The smallest absolute Gasteiger partial charge is 0.417 e. The minimum Gasteiger partial charge on any atom is -0.490 e. The number of hydrogen-bond donors (Lipinski definition) is 5. The van der Waals surface area contributed by atoms with E-state index in [1.54, 1.807) is 38.1 Å². The highest BCUT2D eigenvalue weighted by Gasteiger charge is 2.47. The Bertz CT molecular complexity index is 2060. The zero-order valence-electron chi connectivity index (χ0n) is 30.8. The fourth-order valence-corrected chi connectivity index (χ4v) is 9.29. The van der Waals surface area contributed by atoms with Crippen molar-refractivity contribution in [1.82, 2.24) is 15.0 Å². The Hall–Kier alpha value is -4.53. The predicted octanol–water partition coefficient (Wildman–Crippen LogP) is 6.52. The molecule has 300 valence electrons. The predicted molar refractivity (Wildman–Crippen MR) is 211 cm³/mol. The molecule has 0 bridgehead atoms. The van der Waals surface area contributed by atoms with E-state index in [1.807, 2.05) is 30.0 Å². The van der Waals surface area contributed by atoms with E-state index in [0.717, 1.165) is 27.6 Å². The van der Waals surface area contributed by atoms with Crippen molar-refractivity contribution in [2.75, 3.05) is 35.3 Å². The molecular weight excluding hydrogens is 794 g/mol. The average Bonchev–Trinajstić information content (AvgIpc) is 3.37. The second-order valence-corrected chi connectivity index (χ2v) is 17.1. The van der Waals surface area contributed by atoms with Gasteiger partial charge in [0.15, 0.2) is 0 Å². The molecule has 0 aliphatic carbocycles. The number of carbonyl (C=O) groups excluding carboxylic acids is 4. The standard InChI is InChI=1S/C38H41ClF3N7O5S.ClH/c1-4-22-15-29(55-37(2,3)36(53)49(47-55)27-6-5-23(20-43)30(19-27)38(40,41)42)7-9-32(22)54-28-11-13-48(14-12-28)21-34(51)45-26-17-24(39)16-25(18-26)44-31-8-10-33(50)46-35(31)52;/h5-7,9,15-19,28,31,44,47,55H,4,8,10-14,21H2,1-3H3,(H,45,51)(H,46,50,52);1H. The van der Waals surface area contributed by atoms with Gasteiger partial charge in [0.05, 0.1) is 34.2 Å². The molecule has 4 amide bonds. The molecule has 3 aliphatic rings. The number of anilines is 3. The summed E-state index contributed by atoms with van der Waals surface area (Å²) in [5.74, 6) is -0.615. The van der Waals surface area contributed by atoms with E-state index < -0.39 is 45.1 Å². The van der Waals surface area contributed by atoms with Crippen LogP contribution in [-0.2, 0) is 31.8 Å². The first-order chi connectivity index (χ1) is 26.0. The van der Waals surface area contributed by atoms with Crippen molar-refractivity contribution in [1.29, 1.82) is 5.26 Å². The monoisotopic (exact) mass is 835 g/mol. The molecule has 3 fully saturated rings. The summed E-state index contributed by atoms with van der Waals surface area (Å²) in [4.78, 5) is 56.2. The lowest BCUT2D eigenvalue weighted by Gasteiger charge is -2.32. The lowest BCUT2D eigenvalue weighted by molar-refractivity contribution is -0.138. The Labute approximate surface area is 336 Å². The van der Waals surface area contributed by atoms with Crippen molar-refractivity contribution < 1.29 is 37.1 Å². The lowest BCUT2D eigenvalue weighted by Crippen LogP contribution is -2.47. The molecular formula is C38H42Cl2F3N7O5S. The fraction of sp³-hybridized carbons (Fsp3) is 0.395. The number of ether oxygens (including phenoxy) is 1. The van der Waals surface area contributed by atoms with Gasteiger partial charge in [0.25, 0.3) is 5.91 Å². The molecule has 18 heteroatoms. The number of aryl methyl sites for hydroxylation is 1. The number of hydrazine groups is 1. The van der Waals surface area contributed by atoms with Crippen LogP contribution in [0.4, 0.5) is 30.2 Å². The van der Waals surface area contributed by atoms with Gasteiger partial charge in [0, 0.05) is 40.8 Å².